The molecule has 0 atom stereocenters. The number of aryl methyl sites for hydroxylation is 1. The van der Waals surface area contributed by atoms with Crippen molar-refractivity contribution in [3.8, 4) is 0 Å². The number of hydrogen-bond acceptors (Lipinski definition) is 2. The number of anilines is 1. The molecule has 3 aromatic carbocycles. The van der Waals surface area contributed by atoms with Crippen molar-refractivity contribution in [1.82, 2.24) is 4.57 Å². The molecule has 0 saturated heterocycles. The van der Waals surface area contributed by atoms with E-state index in [0.29, 0.717) is 0 Å². The highest BCUT2D eigenvalue weighted by molar-refractivity contribution is 5.91. The summed E-state index contributed by atoms with van der Waals surface area (Å²) in [4.78, 5) is 7.01. The lowest BCUT2D eigenvalue weighted by molar-refractivity contribution is 0.836. The standard InChI is InChI=1S/C25H25N3/c1-19-23-11-7-8-12-24(23)28(18-21-9-5-4-6-10-21)25(19)26-17-20-13-15-22(16-14-20)27(2)3/h4-17H,18H2,1-3H3/b26-17+. The minimum atomic E-state index is 0.807. The molecule has 4 aromatic rings. The number of para-hydroxylation sites is 1. The molecule has 0 aliphatic carbocycles. The maximum atomic E-state index is 4.91. The number of fused-ring (bicyclic) bond motifs is 1. The van der Waals surface area contributed by atoms with E-state index in [4.69, 9.17) is 4.99 Å². The van der Waals surface area contributed by atoms with Crippen LogP contribution in [0.2, 0.25) is 0 Å². The predicted molar refractivity (Wildman–Crippen MR) is 120 cm³/mol. The number of rotatable bonds is 5. The molecule has 0 N–H and O–H groups in total. The first kappa shape index (κ1) is 18.1. The van der Waals surface area contributed by atoms with E-state index in [9.17, 15) is 0 Å². The Bertz CT molecular complexity index is 1100. The summed E-state index contributed by atoms with van der Waals surface area (Å²) in [5.74, 6) is 1.02. The van der Waals surface area contributed by atoms with E-state index < -0.39 is 0 Å². The highest BCUT2D eigenvalue weighted by atomic mass is 15.1. The second-order valence-electron chi connectivity index (χ2n) is 7.28. The lowest BCUT2D eigenvalue weighted by atomic mass is 10.2. The second kappa shape index (κ2) is 7.73. The van der Waals surface area contributed by atoms with Crippen LogP contribution in [0.3, 0.4) is 0 Å². The SMILES string of the molecule is Cc1c(/N=C/c2ccc(N(C)C)cc2)n(Cc2ccccc2)c2ccccc12. The predicted octanol–water partition coefficient (Wildman–Crippen LogP) is 5.81. The van der Waals surface area contributed by atoms with Crippen LogP contribution in [0.4, 0.5) is 11.5 Å². The molecule has 0 amide bonds. The van der Waals surface area contributed by atoms with Crippen LogP contribution in [0.15, 0.2) is 83.9 Å². The number of aromatic nitrogens is 1. The minimum Gasteiger partial charge on any atom is -0.378 e. The van der Waals surface area contributed by atoms with E-state index in [0.717, 1.165) is 17.9 Å². The van der Waals surface area contributed by atoms with E-state index >= 15 is 0 Å². The quantitative estimate of drug-likeness (QED) is 0.407. The zero-order chi connectivity index (χ0) is 19.5. The van der Waals surface area contributed by atoms with Crippen molar-refractivity contribution in [1.29, 1.82) is 0 Å². The van der Waals surface area contributed by atoms with Gasteiger partial charge in [0.25, 0.3) is 0 Å². The van der Waals surface area contributed by atoms with Gasteiger partial charge in [-0.05, 0) is 36.2 Å². The summed E-state index contributed by atoms with van der Waals surface area (Å²) in [6.07, 6.45) is 1.96. The van der Waals surface area contributed by atoms with E-state index in [1.54, 1.807) is 0 Å². The molecule has 0 bridgehead atoms. The van der Waals surface area contributed by atoms with Crippen LogP contribution in [0.5, 0.6) is 0 Å². The third-order valence-corrected chi connectivity index (χ3v) is 5.12. The average Bonchev–Trinajstić information content (AvgIpc) is 2.99. The topological polar surface area (TPSA) is 20.5 Å². The molecule has 28 heavy (non-hydrogen) atoms. The van der Waals surface area contributed by atoms with Gasteiger partial charge in [0.05, 0.1) is 5.52 Å². The summed E-state index contributed by atoms with van der Waals surface area (Å²) in [6, 6.07) is 27.6. The molecule has 3 nitrogen and oxygen atoms in total. The van der Waals surface area contributed by atoms with Crippen LogP contribution >= 0.6 is 0 Å². The van der Waals surface area contributed by atoms with Gasteiger partial charge in [-0.25, -0.2) is 4.99 Å². The monoisotopic (exact) mass is 367 g/mol. The van der Waals surface area contributed by atoms with Crippen LogP contribution < -0.4 is 4.90 Å². The summed E-state index contributed by atoms with van der Waals surface area (Å²) in [5, 5.41) is 1.26. The van der Waals surface area contributed by atoms with Gasteiger partial charge in [0.2, 0.25) is 0 Å². The van der Waals surface area contributed by atoms with Gasteiger partial charge in [0, 0.05) is 43.5 Å². The van der Waals surface area contributed by atoms with Crippen molar-refractivity contribution >= 4 is 28.6 Å². The molecule has 1 heterocycles. The smallest absolute Gasteiger partial charge is 0.136 e. The highest BCUT2D eigenvalue weighted by Gasteiger charge is 2.13. The first-order valence-corrected chi connectivity index (χ1v) is 9.56. The Morgan fingerprint density at radius 1 is 0.857 bits per heavy atom. The lowest BCUT2D eigenvalue weighted by Crippen LogP contribution is -2.08. The first-order chi connectivity index (χ1) is 13.6. The summed E-state index contributed by atoms with van der Waals surface area (Å²) in [5.41, 5.74) is 6.00. The van der Waals surface area contributed by atoms with E-state index in [1.165, 1.54) is 27.7 Å². The molecule has 3 heteroatoms. The number of nitrogens with zero attached hydrogens (tertiary/aromatic N) is 3. The van der Waals surface area contributed by atoms with E-state index in [2.05, 4.69) is 109 Å². The van der Waals surface area contributed by atoms with Crippen LogP contribution in [0.25, 0.3) is 10.9 Å². The van der Waals surface area contributed by atoms with Crippen molar-refractivity contribution in [2.45, 2.75) is 13.5 Å². The van der Waals surface area contributed by atoms with Crippen LogP contribution in [0.1, 0.15) is 16.7 Å². The zero-order valence-corrected chi connectivity index (χ0v) is 16.6. The third kappa shape index (κ3) is 3.56. The maximum absolute atomic E-state index is 4.91. The molecule has 0 aliphatic heterocycles. The maximum Gasteiger partial charge on any atom is 0.136 e. The summed E-state index contributed by atoms with van der Waals surface area (Å²) < 4.78 is 2.31. The van der Waals surface area contributed by atoms with Gasteiger partial charge in [-0.2, -0.15) is 0 Å². The molecular formula is C25H25N3. The summed E-state index contributed by atoms with van der Waals surface area (Å²) in [6.45, 7) is 2.97. The number of benzene rings is 3. The van der Waals surface area contributed by atoms with E-state index in [-0.39, 0.29) is 0 Å². The molecule has 0 radical (unpaired) electrons. The Hall–Kier alpha value is -3.33. The Balaban J connectivity index is 1.75. The van der Waals surface area contributed by atoms with Crippen molar-refractivity contribution in [2.24, 2.45) is 4.99 Å². The average molecular weight is 367 g/mol. The number of hydrogen-bond donors (Lipinski definition) is 0. The van der Waals surface area contributed by atoms with Gasteiger partial charge in [-0.1, -0.05) is 60.7 Å². The van der Waals surface area contributed by atoms with Crippen molar-refractivity contribution in [2.75, 3.05) is 19.0 Å². The fourth-order valence-electron chi connectivity index (χ4n) is 3.55. The Labute approximate surface area is 166 Å². The highest BCUT2D eigenvalue weighted by Crippen LogP contribution is 2.32. The van der Waals surface area contributed by atoms with Gasteiger partial charge in [0.15, 0.2) is 0 Å². The normalized spacial score (nSPS) is 11.4. The Morgan fingerprint density at radius 2 is 1.54 bits per heavy atom. The van der Waals surface area contributed by atoms with Crippen molar-refractivity contribution in [3.63, 3.8) is 0 Å². The first-order valence-electron chi connectivity index (χ1n) is 9.56. The van der Waals surface area contributed by atoms with Crippen LogP contribution in [-0.2, 0) is 6.54 Å². The van der Waals surface area contributed by atoms with Gasteiger partial charge >= 0.3 is 0 Å². The fraction of sp³-hybridized carbons (Fsp3) is 0.160. The van der Waals surface area contributed by atoms with Gasteiger partial charge in [-0.15, -0.1) is 0 Å². The molecule has 140 valence electrons. The lowest BCUT2D eigenvalue weighted by Gasteiger charge is -2.12. The third-order valence-electron chi connectivity index (χ3n) is 5.12. The number of aliphatic imine (C=N–C) groups is 1. The van der Waals surface area contributed by atoms with Crippen LogP contribution in [-0.4, -0.2) is 24.9 Å². The molecule has 0 aliphatic rings. The van der Waals surface area contributed by atoms with Gasteiger partial charge < -0.3 is 9.47 Å². The Kier molecular flexibility index (Phi) is 4.98. The minimum absolute atomic E-state index is 0.807. The molecular weight excluding hydrogens is 342 g/mol. The summed E-state index contributed by atoms with van der Waals surface area (Å²) in [7, 11) is 4.10. The molecule has 4 rings (SSSR count). The largest absolute Gasteiger partial charge is 0.378 e. The molecule has 0 spiro atoms. The fourth-order valence-corrected chi connectivity index (χ4v) is 3.55. The second-order valence-corrected chi connectivity index (χ2v) is 7.28. The van der Waals surface area contributed by atoms with Gasteiger partial charge in [-0.3, -0.25) is 0 Å². The van der Waals surface area contributed by atoms with Crippen molar-refractivity contribution in [3.05, 3.63) is 95.6 Å². The van der Waals surface area contributed by atoms with Crippen molar-refractivity contribution < 1.29 is 0 Å². The zero-order valence-electron chi connectivity index (χ0n) is 16.6. The molecule has 0 saturated carbocycles. The van der Waals surface area contributed by atoms with E-state index in [1.807, 2.05) is 6.21 Å². The Morgan fingerprint density at radius 3 is 2.25 bits per heavy atom. The molecule has 0 unspecified atom stereocenters. The molecule has 1 aromatic heterocycles. The molecule has 0 fully saturated rings. The van der Waals surface area contributed by atoms with Crippen LogP contribution in [0, 0.1) is 6.92 Å². The summed E-state index contributed by atoms with van der Waals surface area (Å²) >= 11 is 0. The van der Waals surface area contributed by atoms with Gasteiger partial charge in [0.1, 0.15) is 5.82 Å².